The van der Waals surface area contributed by atoms with Gasteiger partial charge in [0.15, 0.2) is 0 Å². The van der Waals surface area contributed by atoms with Crippen molar-refractivity contribution in [2.45, 2.75) is 39.3 Å². The summed E-state index contributed by atoms with van der Waals surface area (Å²) < 4.78 is 5.01. The van der Waals surface area contributed by atoms with E-state index in [4.69, 9.17) is 4.74 Å². The summed E-state index contributed by atoms with van der Waals surface area (Å²) in [5.41, 5.74) is 1.07. The van der Waals surface area contributed by atoms with Gasteiger partial charge in [-0.25, -0.2) is 0 Å². The summed E-state index contributed by atoms with van der Waals surface area (Å²) in [6.07, 6.45) is 4.25. The van der Waals surface area contributed by atoms with Crippen LogP contribution < -0.4 is 5.32 Å². The molecule has 0 amide bonds. The van der Waals surface area contributed by atoms with Crippen LogP contribution in [0.1, 0.15) is 38.8 Å². The zero-order chi connectivity index (χ0) is 12.7. The number of esters is 1. The summed E-state index contributed by atoms with van der Waals surface area (Å²) in [6, 6.07) is 3.70. The van der Waals surface area contributed by atoms with Gasteiger partial charge in [-0.15, -0.1) is 0 Å². The Hall–Kier alpha value is -1.42. The van der Waals surface area contributed by atoms with E-state index in [1.807, 2.05) is 32.9 Å². The van der Waals surface area contributed by atoms with Crippen LogP contribution in [0.2, 0.25) is 0 Å². The van der Waals surface area contributed by atoms with Gasteiger partial charge in [-0.1, -0.05) is 13.0 Å². The molecule has 0 aromatic carbocycles. The smallest absolute Gasteiger partial charge is 0.323 e. The number of hydrogen-bond acceptors (Lipinski definition) is 4. The zero-order valence-electron chi connectivity index (χ0n) is 10.6. The van der Waals surface area contributed by atoms with Crippen LogP contribution in [0.25, 0.3) is 0 Å². The van der Waals surface area contributed by atoms with Gasteiger partial charge < -0.3 is 4.74 Å². The maximum Gasteiger partial charge on any atom is 0.323 e. The van der Waals surface area contributed by atoms with Gasteiger partial charge in [0.05, 0.1) is 6.61 Å². The minimum atomic E-state index is -0.259. The number of pyridine rings is 1. The first-order valence-electron chi connectivity index (χ1n) is 6.01. The Labute approximate surface area is 102 Å². The molecule has 94 valence electrons. The van der Waals surface area contributed by atoms with E-state index >= 15 is 0 Å². The van der Waals surface area contributed by atoms with Crippen LogP contribution >= 0.6 is 0 Å². The lowest BCUT2D eigenvalue weighted by Crippen LogP contribution is -2.39. The maximum absolute atomic E-state index is 11.6. The first kappa shape index (κ1) is 13.6. The number of nitrogens with one attached hydrogen (secondary N) is 1. The molecule has 4 heteroatoms. The lowest BCUT2D eigenvalue weighted by atomic mass is 10.1. The van der Waals surface area contributed by atoms with Crippen molar-refractivity contribution in [1.82, 2.24) is 10.3 Å². The Morgan fingerprint density at radius 3 is 2.82 bits per heavy atom. The summed E-state index contributed by atoms with van der Waals surface area (Å²) in [5, 5.41) is 3.25. The second-order valence-corrected chi connectivity index (χ2v) is 3.89. The van der Waals surface area contributed by atoms with Crippen molar-refractivity contribution in [2.24, 2.45) is 0 Å². The number of ether oxygens (including phenoxy) is 1. The van der Waals surface area contributed by atoms with E-state index in [9.17, 15) is 4.79 Å². The standard InChI is InChI=1S/C13H20N2O2/c1-4-12(13(16)17-5-2)15-10(3)11-7-6-8-14-9-11/h6-10,12,15H,4-5H2,1-3H3/t10-,12?/m1/s1. The fraction of sp³-hybridized carbons (Fsp3) is 0.538. The van der Waals surface area contributed by atoms with Crippen LogP contribution in [0.5, 0.6) is 0 Å². The average molecular weight is 236 g/mol. The molecule has 0 saturated heterocycles. The summed E-state index contributed by atoms with van der Waals surface area (Å²) in [5.74, 6) is -0.189. The monoisotopic (exact) mass is 236 g/mol. The van der Waals surface area contributed by atoms with Crippen LogP contribution in [0.4, 0.5) is 0 Å². The van der Waals surface area contributed by atoms with Gasteiger partial charge in [0, 0.05) is 18.4 Å². The van der Waals surface area contributed by atoms with E-state index < -0.39 is 0 Å². The summed E-state index contributed by atoms with van der Waals surface area (Å²) >= 11 is 0. The summed E-state index contributed by atoms with van der Waals surface area (Å²) in [6.45, 7) is 6.21. The zero-order valence-corrected chi connectivity index (χ0v) is 10.6. The summed E-state index contributed by atoms with van der Waals surface area (Å²) in [7, 11) is 0. The van der Waals surface area contributed by atoms with Crippen LogP contribution in [-0.2, 0) is 9.53 Å². The van der Waals surface area contributed by atoms with Crippen LogP contribution in [0, 0.1) is 0 Å². The van der Waals surface area contributed by atoms with Crippen LogP contribution in [-0.4, -0.2) is 23.6 Å². The highest BCUT2D eigenvalue weighted by Gasteiger charge is 2.20. The van der Waals surface area contributed by atoms with Crippen molar-refractivity contribution in [1.29, 1.82) is 0 Å². The molecule has 17 heavy (non-hydrogen) atoms. The van der Waals surface area contributed by atoms with Gasteiger partial charge in [-0.2, -0.15) is 0 Å². The molecule has 0 saturated carbocycles. The molecule has 1 aromatic rings. The van der Waals surface area contributed by atoms with Crippen LogP contribution in [0.3, 0.4) is 0 Å². The molecule has 0 fully saturated rings. The first-order chi connectivity index (χ1) is 8.19. The van der Waals surface area contributed by atoms with E-state index in [0.29, 0.717) is 13.0 Å². The van der Waals surface area contributed by atoms with Crippen molar-refractivity contribution in [3.63, 3.8) is 0 Å². The van der Waals surface area contributed by atoms with Gasteiger partial charge in [0.2, 0.25) is 0 Å². The van der Waals surface area contributed by atoms with Gasteiger partial charge in [-0.3, -0.25) is 15.1 Å². The maximum atomic E-state index is 11.6. The lowest BCUT2D eigenvalue weighted by Gasteiger charge is -2.20. The minimum absolute atomic E-state index is 0.0815. The molecular formula is C13H20N2O2. The average Bonchev–Trinajstić information content (AvgIpc) is 2.37. The fourth-order valence-corrected chi connectivity index (χ4v) is 1.63. The number of carbonyl (C=O) groups is 1. The SMILES string of the molecule is CCOC(=O)C(CC)N[C@H](C)c1cccnc1. The third kappa shape index (κ3) is 4.15. The Balaban J connectivity index is 2.59. The van der Waals surface area contributed by atoms with Gasteiger partial charge in [0.25, 0.3) is 0 Å². The van der Waals surface area contributed by atoms with Crippen molar-refractivity contribution in [3.8, 4) is 0 Å². The largest absolute Gasteiger partial charge is 0.465 e. The Morgan fingerprint density at radius 1 is 1.53 bits per heavy atom. The lowest BCUT2D eigenvalue weighted by molar-refractivity contribution is -0.146. The van der Waals surface area contributed by atoms with E-state index in [1.165, 1.54) is 0 Å². The first-order valence-corrected chi connectivity index (χ1v) is 6.01. The molecule has 0 spiro atoms. The molecule has 0 aliphatic heterocycles. The van der Waals surface area contributed by atoms with E-state index in [-0.39, 0.29) is 18.1 Å². The molecule has 0 aliphatic rings. The summed E-state index contributed by atoms with van der Waals surface area (Å²) in [4.78, 5) is 15.7. The topological polar surface area (TPSA) is 51.2 Å². The number of carbonyl (C=O) groups excluding carboxylic acids is 1. The number of aromatic nitrogens is 1. The fourth-order valence-electron chi connectivity index (χ4n) is 1.63. The van der Waals surface area contributed by atoms with Gasteiger partial charge in [-0.05, 0) is 31.9 Å². The number of hydrogen-bond donors (Lipinski definition) is 1. The minimum Gasteiger partial charge on any atom is -0.465 e. The molecule has 0 aliphatic carbocycles. The second kappa shape index (κ2) is 7.01. The van der Waals surface area contributed by atoms with Gasteiger partial charge >= 0.3 is 5.97 Å². The highest BCUT2D eigenvalue weighted by atomic mass is 16.5. The van der Waals surface area contributed by atoms with Crippen molar-refractivity contribution in [3.05, 3.63) is 30.1 Å². The molecular weight excluding hydrogens is 216 g/mol. The second-order valence-electron chi connectivity index (χ2n) is 3.89. The molecule has 4 nitrogen and oxygen atoms in total. The Bertz CT molecular complexity index is 341. The van der Waals surface area contributed by atoms with Crippen molar-refractivity contribution in [2.75, 3.05) is 6.61 Å². The third-order valence-electron chi connectivity index (χ3n) is 2.61. The molecule has 1 heterocycles. The molecule has 0 bridgehead atoms. The molecule has 1 unspecified atom stereocenters. The van der Waals surface area contributed by atoms with E-state index in [2.05, 4.69) is 10.3 Å². The van der Waals surface area contributed by atoms with E-state index in [1.54, 1.807) is 12.4 Å². The molecule has 0 radical (unpaired) electrons. The van der Waals surface area contributed by atoms with Crippen molar-refractivity contribution < 1.29 is 9.53 Å². The normalized spacial score (nSPS) is 14.1. The molecule has 1 rings (SSSR count). The Morgan fingerprint density at radius 2 is 2.29 bits per heavy atom. The predicted octanol–water partition coefficient (Wildman–Crippen LogP) is 2.07. The van der Waals surface area contributed by atoms with Gasteiger partial charge in [0.1, 0.15) is 6.04 Å². The van der Waals surface area contributed by atoms with E-state index in [0.717, 1.165) is 5.56 Å². The van der Waals surface area contributed by atoms with Crippen LogP contribution in [0.15, 0.2) is 24.5 Å². The third-order valence-corrected chi connectivity index (χ3v) is 2.61. The highest BCUT2D eigenvalue weighted by molar-refractivity contribution is 5.75. The number of rotatable bonds is 6. The molecule has 1 aromatic heterocycles. The highest BCUT2D eigenvalue weighted by Crippen LogP contribution is 2.12. The number of nitrogens with zero attached hydrogens (tertiary/aromatic N) is 1. The Kier molecular flexibility index (Phi) is 5.63. The predicted molar refractivity (Wildman–Crippen MR) is 66.5 cm³/mol. The molecule has 1 N–H and O–H groups in total. The quantitative estimate of drug-likeness (QED) is 0.768. The molecule has 2 atom stereocenters. The van der Waals surface area contributed by atoms with Crippen molar-refractivity contribution >= 4 is 5.97 Å².